The summed E-state index contributed by atoms with van der Waals surface area (Å²) in [7, 11) is 0. The van der Waals surface area contributed by atoms with Crippen LogP contribution in [0, 0.1) is 0 Å². The first-order valence-electron chi connectivity index (χ1n) is 8.25. The first-order valence-corrected chi connectivity index (χ1v) is 8.25. The standard InChI is InChI=1S/C23H16O3/c1-2-15-8-10-17(11-9-15)23-22(25)21(24)19-13-12-18(14-20(19)26-23)16-6-4-3-5-7-16/h2-14,25H,1H2. The highest BCUT2D eigenvalue weighted by Crippen LogP contribution is 2.32. The molecular weight excluding hydrogens is 324 g/mol. The second-order valence-corrected chi connectivity index (χ2v) is 6.01. The molecule has 1 aromatic heterocycles. The monoisotopic (exact) mass is 340 g/mol. The summed E-state index contributed by atoms with van der Waals surface area (Å²) in [5.41, 5.74) is 3.56. The SMILES string of the molecule is C=Cc1ccc(-c2oc3cc(-c4ccccc4)ccc3c(=O)c2O)cc1. The van der Waals surface area contributed by atoms with E-state index in [-0.39, 0.29) is 11.5 Å². The normalized spacial score (nSPS) is 10.8. The Morgan fingerprint density at radius 2 is 1.54 bits per heavy atom. The molecule has 0 spiro atoms. The van der Waals surface area contributed by atoms with Crippen LogP contribution in [-0.2, 0) is 0 Å². The topological polar surface area (TPSA) is 50.4 Å². The van der Waals surface area contributed by atoms with Crippen LogP contribution in [0.4, 0.5) is 0 Å². The third-order valence-electron chi connectivity index (χ3n) is 4.38. The van der Waals surface area contributed by atoms with Crippen LogP contribution in [0.1, 0.15) is 5.56 Å². The molecule has 0 radical (unpaired) electrons. The van der Waals surface area contributed by atoms with Crippen molar-refractivity contribution in [1.29, 1.82) is 0 Å². The molecule has 0 unspecified atom stereocenters. The summed E-state index contributed by atoms with van der Waals surface area (Å²) >= 11 is 0. The van der Waals surface area contributed by atoms with E-state index in [1.165, 1.54) is 0 Å². The summed E-state index contributed by atoms with van der Waals surface area (Å²) in [4.78, 5) is 12.6. The first kappa shape index (κ1) is 15.9. The van der Waals surface area contributed by atoms with Gasteiger partial charge >= 0.3 is 0 Å². The fourth-order valence-corrected chi connectivity index (χ4v) is 2.96. The summed E-state index contributed by atoms with van der Waals surface area (Å²) < 4.78 is 5.92. The number of rotatable bonds is 3. The zero-order valence-electron chi connectivity index (χ0n) is 14.0. The molecular formula is C23H16O3. The van der Waals surface area contributed by atoms with E-state index in [1.807, 2.05) is 54.6 Å². The van der Waals surface area contributed by atoms with Crippen molar-refractivity contribution in [2.24, 2.45) is 0 Å². The molecule has 1 N–H and O–H groups in total. The van der Waals surface area contributed by atoms with Crippen LogP contribution in [-0.4, -0.2) is 5.11 Å². The van der Waals surface area contributed by atoms with Gasteiger partial charge in [-0.3, -0.25) is 4.79 Å². The number of fused-ring (bicyclic) bond motifs is 1. The molecule has 0 amide bonds. The fourth-order valence-electron chi connectivity index (χ4n) is 2.96. The molecule has 0 bridgehead atoms. The number of benzene rings is 3. The van der Waals surface area contributed by atoms with Crippen molar-refractivity contribution >= 4 is 17.0 Å². The van der Waals surface area contributed by atoms with E-state index in [2.05, 4.69) is 6.58 Å². The average molecular weight is 340 g/mol. The minimum atomic E-state index is -0.436. The summed E-state index contributed by atoms with van der Waals surface area (Å²) in [6.45, 7) is 3.72. The lowest BCUT2D eigenvalue weighted by Gasteiger charge is -2.08. The Hall–Kier alpha value is -3.59. The summed E-state index contributed by atoms with van der Waals surface area (Å²) in [5, 5.41) is 10.7. The van der Waals surface area contributed by atoms with Crippen molar-refractivity contribution in [1.82, 2.24) is 0 Å². The van der Waals surface area contributed by atoms with Gasteiger partial charge in [0.2, 0.25) is 11.2 Å². The molecule has 3 heteroatoms. The molecule has 0 aliphatic carbocycles. The van der Waals surface area contributed by atoms with Gasteiger partial charge in [0.1, 0.15) is 5.58 Å². The van der Waals surface area contributed by atoms with Crippen LogP contribution in [0.15, 0.2) is 88.6 Å². The van der Waals surface area contributed by atoms with E-state index in [0.29, 0.717) is 16.5 Å². The van der Waals surface area contributed by atoms with Crippen molar-refractivity contribution in [3.05, 3.63) is 95.2 Å². The quantitative estimate of drug-likeness (QED) is 0.537. The highest BCUT2D eigenvalue weighted by atomic mass is 16.4. The van der Waals surface area contributed by atoms with Crippen LogP contribution < -0.4 is 5.43 Å². The Bertz CT molecular complexity index is 1150. The molecule has 1 heterocycles. The maximum Gasteiger partial charge on any atom is 0.235 e. The van der Waals surface area contributed by atoms with Crippen LogP contribution >= 0.6 is 0 Å². The van der Waals surface area contributed by atoms with Crippen LogP contribution in [0.25, 0.3) is 39.5 Å². The summed E-state index contributed by atoms with van der Waals surface area (Å²) in [6.07, 6.45) is 1.73. The van der Waals surface area contributed by atoms with E-state index in [1.54, 1.807) is 24.3 Å². The smallest absolute Gasteiger partial charge is 0.235 e. The van der Waals surface area contributed by atoms with Crippen molar-refractivity contribution in [3.63, 3.8) is 0 Å². The van der Waals surface area contributed by atoms with E-state index in [0.717, 1.165) is 16.7 Å². The van der Waals surface area contributed by atoms with Crippen molar-refractivity contribution in [2.75, 3.05) is 0 Å². The van der Waals surface area contributed by atoms with Gasteiger partial charge in [0.25, 0.3) is 0 Å². The van der Waals surface area contributed by atoms with E-state index in [4.69, 9.17) is 4.42 Å². The molecule has 26 heavy (non-hydrogen) atoms. The van der Waals surface area contributed by atoms with Gasteiger partial charge < -0.3 is 9.52 Å². The lowest BCUT2D eigenvalue weighted by atomic mass is 10.0. The first-order chi connectivity index (χ1) is 12.7. The zero-order valence-corrected chi connectivity index (χ0v) is 14.0. The second kappa shape index (κ2) is 6.37. The minimum absolute atomic E-state index is 0.170. The molecule has 3 nitrogen and oxygen atoms in total. The molecule has 0 fully saturated rings. The van der Waals surface area contributed by atoms with Gasteiger partial charge in [0.15, 0.2) is 5.76 Å². The fraction of sp³-hybridized carbons (Fsp3) is 0. The van der Waals surface area contributed by atoms with Gasteiger partial charge in [0.05, 0.1) is 5.39 Å². The molecule has 0 aliphatic heterocycles. The molecule has 0 atom stereocenters. The Morgan fingerprint density at radius 3 is 2.23 bits per heavy atom. The Kier molecular flexibility index (Phi) is 3.90. The Morgan fingerprint density at radius 1 is 0.846 bits per heavy atom. The van der Waals surface area contributed by atoms with Crippen LogP contribution in [0.5, 0.6) is 5.75 Å². The predicted octanol–water partition coefficient (Wildman–Crippen LogP) is 5.48. The highest BCUT2D eigenvalue weighted by molar-refractivity contribution is 5.86. The highest BCUT2D eigenvalue weighted by Gasteiger charge is 2.15. The molecule has 126 valence electrons. The van der Waals surface area contributed by atoms with Gasteiger partial charge in [-0.1, -0.05) is 73.3 Å². The number of hydrogen-bond donors (Lipinski definition) is 1. The van der Waals surface area contributed by atoms with Gasteiger partial charge in [-0.05, 0) is 28.8 Å². The van der Waals surface area contributed by atoms with Gasteiger partial charge in [-0.25, -0.2) is 0 Å². The van der Waals surface area contributed by atoms with Gasteiger partial charge in [-0.2, -0.15) is 0 Å². The molecule has 0 saturated heterocycles. The Balaban J connectivity index is 1.92. The molecule has 3 aromatic carbocycles. The third-order valence-corrected chi connectivity index (χ3v) is 4.38. The van der Waals surface area contributed by atoms with Crippen molar-refractivity contribution in [3.8, 4) is 28.2 Å². The predicted molar refractivity (Wildman–Crippen MR) is 105 cm³/mol. The van der Waals surface area contributed by atoms with E-state index < -0.39 is 5.43 Å². The lowest BCUT2D eigenvalue weighted by Crippen LogP contribution is -2.02. The molecule has 0 aliphatic rings. The molecule has 4 rings (SSSR count). The number of hydrogen-bond acceptors (Lipinski definition) is 3. The third kappa shape index (κ3) is 2.70. The number of aromatic hydroxyl groups is 1. The van der Waals surface area contributed by atoms with Crippen LogP contribution in [0.3, 0.4) is 0 Å². The maximum absolute atomic E-state index is 12.6. The lowest BCUT2D eigenvalue weighted by molar-refractivity contribution is 0.449. The maximum atomic E-state index is 12.6. The van der Waals surface area contributed by atoms with E-state index in [9.17, 15) is 9.90 Å². The van der Waals surface area contributed by atoms with Gasteiger partial charge in [0, 0.05) is 5.56 Å². The second-order valence-electron chi connectivity index (χ2n) is 6.01. The Labute approximate surface area is 150 Å². The van der Waals surface area contributed by atoms with Crippen molar-refractivity contribution < 1.29 is 9.52 Å². The summed E-state index contributed by atoms with van der Waals surface area (Å²) in [6, 6.07) is 22.5. The zero-order chi connectivity index (χ0) is 18.1. The summed E-state index contributed by atoms with van der Waals surface area (Å²) in [5.74, 6) is -0.209. The van der Waals surface area contributed by atoms with Crippen LogP contribution in [0.2, 0.25) is 0 Å². The molecule has 0 saturated carbocycles. The molecule has 4 aromatic rings. The van der Waals surface area contributed by atoms with Crippen molar-refractivity contribution in [2.45, 2.75) is 0 Å². The van der Waals surface area contributed by atoms with Gasteiger partial charge in [-0.15, -0.1) is 0 Å². The minimum Gasteiger partial charge on any atom is -0.502 e. The average Bonchev–Trinajstić information content (AvgIpc) is 2.71. The van der Waals surface area contributed by atoms with E-state index >= 15 is 0 Å². The largest absolute Gasteiger partial charge is 0.502 e.